The number of amides is 3. The van der Waals surface area contributed by atoms with Crippen LogP contribution >= 0.6 is 12.2 Å². The standard InChI is InChI=1S/C15H14N4O3S/c1-8(20)19-11(9-5-3-2-4-6-9)7-10(18-19)12-13(21)16-15(23)17-14(12)22/h2-6,11-12H,7H2,1H3,(H2,16,17,21,22,23). The molecule has 2 aliphatic rings. The van der Waals surface area contributed by atoms with Gasteiger partial charge in [-0.1, -0.05) is 30.3 Å². The third kappa shape index (κ3) is 2.85. The van der Waals surface area contributed by atoms with Gasteiger partial charge < -0.3 is 10.6 Å². The van der Waals surface area contributed by atoms with E-state index in [1.54, 1.807) is 0 Å². The fourth-order valence-electron chi connectivity index (χ4n) is 2.75. The Bertz CT molecular complexity index is 711. The van der Waals surface area contributed by atoms with E-state index in [0.29, 0.717) is 12.1 Å². The summed E-state index contributed by atoms with van der Waals surface area (Å²) in [5.74, 6) is -2.36. The maximum Gasteiger partial charge on any atom is 0.244 e. The normalized spacial score (nSPS) is 21.8. The zero-order valence-corrected chi connectivity index (χ0v) is 13.1. The van der Waals surface area contributed by atoms with Crippen LogP contribution in [0.2, 0.25) is 0 Å². The third-order valence-corrected chi connectivity index (χ3v) is 3.98. The average molecular weight is 330 g/mol. The lowest BCUT2D eigenvalue weighted by Crippen LogP contribution is -2.57. The Morgan fingerprint density at radius 1 is 1.22 bits per heavy atom. The summed E-state index contributed by atoms with van der Waals surface area (Å²) in [6.45, 7) is 1.40. The van der Waals surface area contributed by atoms with Gasteiger partial charge in [0.05, 0.1) is 11.8 Å². The van der Waals surface area contributed by atoms with Crippen LogP contribution in [0, 0.1) is 5.92 Å². The highest BCUT2D eigenvalue weighted by Gasteiger charge is 2.42. The topological polar surface area (TPSA) is 90.9 Å². The Labute approximate surface area is 137 Å². The van der Waals surface area contributed by atoms with Crippen molar-refractivity contribution in [2.75, 3.05) is 0 Å². The Morgan fingerprint density at radius 2 is 1.83 bits per heavy atom. The van der Waals surface area contributed by atoms with Crippen molar-refractivity contribution in [2.45, 2.75) is 19.4 Å². The molecule has 1 saturated heterocycles. The molecule has 3 rings (SSSR count). The lowest BCUT2D eigenvalue weighted by atomic mass is 9.93. The first-order chi connectivity index (χ1) is 11.0. The van der Waals surface area contributed by atoms with Gasteiger partial charge in [-0.15, -0.1) is 0 Å². The molecule has 1 fully saturated rings. The van der Waals surface area contributed by atoms with Crippen molar-refractivity contribution in [3.63, 3.8) is 0 Å². The molecule has 118 valence electrons. The largest absolute Gasteiger partial charge is 0.302 e. The van der Waals surface area contributed by atoms with Crippen molar-refractivity contribution in [1.29, 1.82) is 0 Å². The van der Waals surface area contributed by atoms with Crippen molar-refractivity contribution < 1.29 is 14.4 Å². The summed E-state index contributed by atoms with van der Waals surface area (Å²) >= 11 is 4.78. The van der Waals surface area contributed by atoms with E-state index in [2.05, 4.69) is 15.7 Å². The lowest BCUT2D eigenvalue weighted by Gasteiger charge is -2.22. The molecule has 23 heavy (non-hydrogen) atoms. The van der Waals surface area contributed by atoms with Crippen LogP contribution in [0.5, 0.6) is 0 Å². The van der Waals surface area contributed by atoms with E-state index in [-0.39, 0.29) is 17.1 Å². The zero-order valence-electron chi connectivity index (χ0n) is 12.3. The van der Waals surface area contributed by atoms with Crippen molar-refractivity contribution in [1.82, 2.24) is 15.6 Å². The molecule has 8 heteroatoms. The van der Waals surface area contributed by atoms with Crippen LogP contribution in [0.15, 0.2) is 35.4 Å². The number of nitrogens with one attached hydrogen (secondary N) is 2. The predicted octanol–water partition coefficient (Wildman–Crippen LogP) is 0.483. The van der Waals surface area contributed by atoms with Crippen molar-refractivity contribution in [3.8, 4) is 0 Å². The number of rotatable bonds is 2. The Morgan fingerprint density at radius 3 is 2.39 bits per heavy atom. The summed E-state index contributed by atoms with van der Waals surface area (Å²) in [6, 6.07) is 9.05. The number of hydrazone groups is 1. The smallest absolute Gasteiger partial charge is 0.244 e. The van der Waals surface area contributed by atoms with Crippen LogP contribution in [0.4, 0.5) is 0 Å². The molecule has 2 N–H and O–H groups in total. The molecule has 0 aromatic heterocycles. The molecule has 0 saturated carbocycles. The molecule has 0 bridgehead atoms. The van der Waals surface area contributed by atoms with Gasteiger partial charge in [0.25, 0.3) is 0 Å². The highest BCUT2D eigenvalue weighted by molar-refractivity contribution is 7.80. The molecule has 1 aromatic rings. The second-order valence-electron chi connectivity index (χ2n) is 5.33. The van der Waals surface area contributed by atoms with Crippen LogP contribution < -0.4 is 10.6 Å². The minimum Gasteiger partial charge on any atom is -0.302 e. The van der Waals surface area contributed by atoms with Gasteiger partial charge in [-0.25, -0.2) is 5.01 Å². The number of hydrogen-bond donors (Lipinski definition) is 2. The van der Waals surface area contributed by atoms with Gasteiger partial charge in [-0.3, -0.25) is 14.4 Å². The molecule has 1 atom stereocenters. The third-order valence-electron chi connectivity index (χ3n) is 3.77. The first kappa shape index (κ1) is 15.3. The number of nitrogens with zero attached hydrogens (tertiary/aromatic N) is 2. The zero-order chi connectivity index (χ0) is 16.6. The van der Waals surface area contributed by atoms with Gasteiger partial charge in [0.15, 0.2) is 11.0 Å². The quantitative estimate of drug-likeness (QED) is 0.610. The summed E-state index contributed by atoms with van der Waals surface area (Å²) in [5.41, 5.74) is 1.25. The van der Waals surface area contributed by atoms with Gasteiger partial charge in [-0.2, -0.15) is 5.10 Å². The van der Waals surface area contributed by atoms with E-state index in [1.807, 2.05) is 30.3 Å². The second-order valence-corrected chi connectivity index (χ2v) is 5.73. The second kappa shape index (κ2) is 5.88. The highest BCUT2D eigenvalue weighted by atomic mass is 32.1. The van der Waals surface area contributed by atoms with Crippen molar-refractivity contribution >= 4 is 40.8 Å². The predicted molar refractivity (Wildman–Crippen MR) is 86.1 cm³/mol. The SMILES string of the molecule is CC(=O)N1N=C(C2C(=O)NC(=S)NC2=O)CC1c1ccccc1. The molecule has 2 heterocycles. The Balaban J connectivity index is 1.91. The highest BCUT2D eigenvalue weighted by Crippen LogP contribution is 2.33. The van der Waals surface area contributed by atoms with Gasteiger partial charge in [0.1, 0.15) is 0 Å². The van der Waals surface area contributed by atoms with E-state index >= 15 is 0 Å². The lowest BCUT2D eigenvalue weighted by molar-refractivity contribution is -0.133. The van der Waals surface area contributed by atoms with Crippen molar-refractivity contribution in [3.05, 3.63) is 35.9 Å². The Kier molecular flexibility index (Phi) is 3.91. The summed E-state index contributed by atoms with van der Waals surface area (Å²) in [5, 5.41) is 10.4. The minimum atomic E-state index is -1.07. The van der Waals surface area contributed by atoms with E-state index in [4.69, 9.17) is 12.2 Å². The molecule has 0 radical (unpaired) electrons. The molecule has 7 nitrogen and oxygen atoms in total. The van der Waals surface area contributed by atoms with Crippen LogP contribution in [0.3, 0.4) is 0 Å². The number of carbonyl (C=O) groups excluding carboxylic acids is 3. The molecule has 3 amide bonds. The summed E-state index contributed by atoms with van der Waals surface area (Å²) in [7, 11) is 0. The average Bonchev–Trinajstić information content (AvgIpc) is 2.92. The van der Waals surface area contributed by atoms with Crippen LogP contribution in [-0.4, -0.2) is 33.6 Å². The number of carbonyl (C=O) groups is 3. The maximum atomic E-state index is 12.1. The first-order valence-corrected chi connectivity index (χ1v) is 7.46. The van der Waals surface area contributed by atoms with Crippen LogP contribution in [-0.2, 0) is 14.4 Å². The van der Waals surface area contributed by atoms with Gasteiger partial charge >= 0.3 is 0 Å². The monoisotopic (exact) mass is 330 g/mol. The first-order valence-electron chi connectivity index (χ1n) is 7.05. The van der Waals surface area contributed by atoms with E-state index in [1.165, 1.54) is 11.9 Å². The Hall–Kier alpha value is -2.61. The maximum absolute atomic E-state index is 12.1. The number of benzene rings is 1. The fourth-order valence-corrected chi connectivity index (χ4v) is 2.96. The number of thiocarbonyl (C=S) groups is 1. The van der Waals surface area contributed by atoms with Gasteiger partial charge in [-0.05, 0) is 17.8 Å². The molecule has 1 unspecified atom stereocenters. The molecule has 2 aliphatic heterocycles. The molecule has 0 spiro atoms. The summed E-state index contributed by atoms with van der Waals surface area (Å²) in [4.78, 5) is 36.0. The van der Waals surface area contributed by atoms with Gasteiger partial charge in [0, 0.05) is 13.3 Å². The van der Waals surface area contributed by atoms with E-state index in [9.17, 15) is 14.4 Å². The number of hydrogen-bond acceptors (Lipinski definition) is 5. The summed E-state index contributed by atoms with van der Waals surface area (Å²) in [6.07, 6.45) is 0.321. The summed E-state index contributed by atoms with van der Waals surface area (Å²) < 4.78 is 0. The van der Waals surface area contributed by atoms with E-state index in [0.717, 1.165) is 5.56 Å². The van der Waals surface area contributed by atoms with Crippen molar-refractivity contribution in [2.24, 2.45) is 11.0 Å². The van der Waals surface area contributed by atoms with Crippen LogP contribution in [0.25, 0.3) is 0 Å². The molecule has 0 aliphatic carbocycles. The fraction of sp³-hybridized carbons (Fsp3) is 0.267. The molecule has 1 aromatic carbocycles. The molecular weight excluding hydrogens is 316 g/mol. The molecular formula is C15H14N4O3S. The van der Waals surface area contributed by atoms with Crippen LogP contribution in [0.1, 0.15) is 24.9 Å². The van der Waals surface area contributed by atoms with Gasteiger partial charge in [0.2, 0.25) is 17.7 Å². The minimum absolute atomic E-state index is 0.0159. The van der Waals surface area contributed by atoms with E-state index < -0.39 is 17.7 Å².